The van der Waals surface area contributed by atoms with Gasteiger partial charge in [-0.15, -0.1) is 11.3 Å². The molecular weight excluding hydrogens is 382 g/mol. The van der Waals surface area contributed by atoms with Crippen molar-refractivity contribution in [3.8, 4) is 17.0 Å². The number of piperazine rings is 1. The van der Waals surface area contributed by atoms with E-state index in [1.165, 1.54) is 11.3 Å². The molecule has 0 amide bonds. The topological polar surface area (TPSA) is 45.7 Å². The first kappa shape index (κ1) is 18.3. The Balaban J connectivity index is 1.36. The highest BCUT2D eigenvalue weighted by Crippen LogP contribution is 2.37. The van der Waals surface area contributed by atoms with Gasteiger partial charge in [0.1, 0.15) is 16.7 Å². The summed E-state index contributed by atoms with van der Waals surface area (Å²) in [6.45, 7) is 4.08. The predicted octanol–water partition coefficient (Wildman–Crippen LogP) is 3.81. The average molecular weight is 406 g/mol. The molecule has 5 rings (SSSR count). The van der Waals surface area contributed by atoms with Crippen molar-refractivity contribution >= 4 is 23.0 Å². The monoisotopic (exact) mass is 405 g/mol. The van der Waals surface area contributed by atoms with Crippen LogP contribution >= 0.6 is 11.3 Å². The number of anilines is 1. The van der Waals surface area contributed by atoms with Crippen molar-refractivity contribution in [3.05, 3.63) is 64.5 Å². The molecule has 0 spiro atoms. The number of rotatable bonds is 3. The number of likely N-dealkylation sites (N-methyl/N-ethyl adjacent to an activating group) is 1. The smallest absolute Gasteiger partial charge is 0.321 e. The second-order valence-electron chi connectivity index (χ2n) is 7.70. The SMILES string of the molecule is CN1CCN(c2ccc3c(c2)OC(=O)C(c2nc(-c4ccccc4)cs2)C3)CC1. The number of carbonyl (C=O) groups is 1. The first-order valence-electron chi connectivity index (χ1n) is 9.96. The second kappa shape index (κ2) is 7.61. The van der Waals surface area contributed by atoms with Crippen molar-refractivity contribution in [3.63, 3.8) is 0 Å². The molecule has 6 heteroatoms. The van der Waals surface area contributed by atoms with Crippen molar-refractivity contribution in [1.82, 2.24) is 9.88 Å². The number of fused-ring (bicyclic) bond motifs is 1. The van der Waals surface area contributed by atoms with E-state index in [0.29, 0.717) is 12.2 Å². The van der Waals surface area contributed by atoms with Gasteiger partial charge in [-0.3, -0.25) is 4.79 Å². The molecule has 3 aromatic rings. The zero-order chi connectivity index (χ0) is 19.8. The zero-order valence-corrected chi connectivity index (χ0v) is 17.2. The minimum Gasteiger partial charge on any atom is -0.426 e. The highest BCUT2D eigenvalue weighted by Gasteiger charge is 2.32. The van der Waals surface area contributed by atoms with Crippen molar-refractivity contribution < 1.29 is 9.53 Å². The molecule has 0 saturated carbocycles. The molecule has 29 heavy (non-hydrogen) atoms. The van der Waals surface area contributed by atoms with E-state index in [4.69, 9.17) is 9.72 Å². The second-order valence-corrected chi connectivity index (χ2v) is 8.59. The number of carbonyl (C=O) groups excluding carboxylic acids is 1. The quantitative estimate of drug-likeness (QED) is 0.490. The standard InChI is InChI=1S/C23H23N3O2S/c1-25-9-11-26(12-10-25)18-8-7-17-13-19(23(27)28-21(17)14-18)22-24-20(15-29-22)16-5-3-2-4-6-16/h2-8,14-15,19H,9-13H2,1H3. The third-order valence-electron chi connectivity index (χ3n) is 5.73. The molecule has 0 N–H and O–H groups in total. The first-order chi connectivity index (χ1) is 14.2. The van der Waals surface area contributed by atoms with Crippen LogP contribution in [0.2, 0.25) is 0 Å². The summed E-state index contributed by atoms with van der Waals surface area (Å²) in [5, 5.41) is 2.84. The molecule has 1 fully saturated rings. The zero-order valence-electron chi connectivity index (χ0n) is 16.4. The molecule has 1 atom stereocenters. The minimum absolute atomic E-state index is 0.206. The highest BCUT2D eigenvalue weighted by molar-refractivity contribution is 7.10. The Morgan fingerprint density at radius 3 is 2.66 bits per heavy atom. The maximum absolute atomic E-state index is 12.8. The lowest BCUT2D eigenvalue weighted by Gasteiger charge is -2.34. The van der Waals surface area contributed by atoms with Crippen molar-refractivity contribution in [2.45, 2.75) is 12.3 Å². The van der Waals surface area contributed by atoms with Gasteiger partial charge in [-0.1, -0.05) is 36.4 Å². The predicted molar refractivity (Wildman–Crippen MR) is 116 cm³/mol. The van der Waals surface area contributed by atoms with Gasteiger partial charge in [-0.05, 0) is 25.1 Å². The molecule has 1 unspecified atom stereocenters. The molecule has 3 heterocycles. The Morgan fingerprint density at radius 1 is 1.07 bits per heavy atom. The maximum Gasteiger partial charge on any atom is 0.321 e. The summed E-state index contributed by atoms with van der Waals surface area (Å²) >= 11 is 1.53. The molecule has 0 aliphatic carbocycles. The fraction of sp³-hybridized carbons (Fsp3) is 0.304. The number of hydrogen-bond acceptors (Lipinski definition) is 6. The van der Waals surface area contributed by atoms with Gasteiger partial charge in [0.05, 0.1) is 5.69 Å². The van der Waals surface area contributed by atoms with E-state index < -0.39 is 0 Å². The summed E-state index contributed by atoms with van der Waals surface area (Å²) in [6.07, 6.45) is 0.638. The number of hydrogen-bond donors (Lipinski definition) is 0. The van der Waals surface area contributed by atoms with Crippen LogP contribution in [0.3, 0.4) is 0 Å². The lowest BCUT2D eigenvalue weighted by atomic mass is 9.96. The van der Waals surface area contributed by atoms with Gasteiger partial charge in [0.15, 0.2) is 0 Å². The van der Waals surface area contributed by atoms with E-state index in [0.717, 1.165) is 53.7 Å². The lowest BCUT2D eigenvalue weighted by molar-refractivity contribution is -0.137. The van der Waals surface area contributed by atoms with Crippen molar-refractivity contribution in [1.29, 1.82) is 0 Å². The maximum atomic E-state index is 12.8. The van der Waals surface area contributed by atoms with Gasteiger partial charge < -0.3 is 14.5 Å². The Bertz CT molecular complexity index is 1030. The molecule has 2 aliphatic heterocycles. The third-order valence-corrected chi connectivity index (χ3v) is 6.69. The van der Waals surface area contributed by atoms with Crippen molar-refractivity contribution in [2.75, 3.05) is 38.1 Å². The van der Waals surface area contributed by atoms with E-state index in [1.807, 2.05) is 41.8 Å². The summed E-state index contributed by atoms with van der Waals surface area (Å²) in [5.41, 5.74) is 4.18. The van der Waals surface area contributed by atoms with Crippen LogP contribution in [0.15, 0.2) is 53.9 Å². The molecule has 148 valence electrons. The molecule has 2 aliphatic rings. The van der Waals surface area contributed by atoms with E-state index >= 15 is 0 Å². The van der Waals surface area contributed by atoms with Crippen LogP contribution in [0.1, 0.15) is 16.5 Å². The number of nitrogens with zero attached hydrogens (tertiary/aromatic N) is 3. The van der Waals surface area contributed by atoms with Gasteiger partial charge in [-0.2, -0.15) is 0 Å². The molecule has 2 aromatic carbocycles. The van der Waals surface area contributed by atoms with Gasteiger partial charge in [0.25, 0.3) is 0 Å². The summed E-state index contributed by atoms with van der Waals surface area (Å²) in [4.78, 5) is 22.2. The summed E-state index contributed by atoms with van der Waals surface area (Å²) in [6, 6.07) is 16.3. The van der Waals surface area contributed by atoms with Crippen LogP contribution in [0.5, 0.6) is 5.75 Å². The van der Waals surface area contributed by atoms with E-state index in [2.05, 4.69) is 29.0 Å². The molecular formula is C23H23N3O2S. The highest BCUT2D eigenvalue weighted by atomic mass is 32.1. The van der Waals surface area contributed by atoms with Crippen LogP contribution in [-0.4, -0.2) is 49.1 Å². The van der Waals surface area contributed by atoms with Gasteiger partial charge in [-0.25, -0.2) is 4.98 Å². The number of esters is 1. The Labute approximate surface area is 174 Å². The fourth-order valence-electron chi connectivity index (χ4n) is 3.93. The van der Waals surface area contributed by atoms with Gasteiger partial charge >= 0.3 is 5.97 Å². The molecule has 5 nitrogen and oxygen atoms in total. The van der Waals surface area contributed by atoms with E-state index in [9.17, 15) is 4.79 Å². The molecule has 0 radical (unpaired) electrons. The van der Waals surface area contributed by atoms with E-state index in [1.54, 1.807) is 0 Å². The molecule has 1 aromatic heterocycles. The first-order valence-corrected chi connectivity index (χ1v) is 10.8. The Hall–Kier alpha value is -2.70. The van der Waals surface area contributed by atoms with Gasteiger partial charge in [0.2, 0.25) is 0 Å². The third kappa shape index (κ3) is 3.66. The largest absolute Gasteiger partial charge is 0.426 e. The van der Waals surface area contributed by atoms with E-state index in [-0.39, 0.29) is 11.9 Å². The average Bonchev–Trinajstić information content (AvgIpc) is 3.24. The number of thiazole rings is 1. The van der Waals surface area contributed by atoms with Crippen molar-refractivity contribution in [2.24, 2.45) is 0 Å². The Morgan fingerprint density at radius 2 is 1.86 bits per heavy atom. The molecule has 0 bridgehead atoms. The molecule has 1 saturated heterocycles. The summed E-state index contributed by atoms with van der Waals surface area (Å²) in [7, 11) is 2.15. The van der Waals surface area contributed by atoms with Gasteiger partial charge in [0, 0.05) is 48.9 Å². The Kier molecular flexibility index (Phi) is 4.81. The fourth-order valence-corrected chi connectivity index (χ4v) is 4.84. The summed E-state index contributed by atoms with van der Waals surface area (Å²) < 4.78 is 5.76. The number of ether oxygens (including phenoxy) is 1. The van der Waals surface area contributed by atoms with Crippen LogP contribution in [-0.2, 0) is 11.2 Å². The van der Waals surface area contributed by atoms with Crippen LogP contribution in [0.25, 0.3) is 11.3 Å². The summed E-state index contributed by atoms with van der Waals surface area (Å²) in [5.74, 6) is 0.156. The normalized spacial score (nSPS) is 19.7. The minimum atomic E-state index is -0.334. The van der Waals surface area contributed by atoms with Crippen LogP contribution in [0.4, 0.5) is 5.69 Å². The number of aromatic nitrogens is 1. The number of benzene rings is 2. The van der Waals surface area contributed by atoms with Crippen LogP contribution < -0.4 is 9.64 Å². The van der Waals surface area contributed by atoms with Crippen LogP contribution in [0, 0.1) is 0 Å². The lowest BCUT2D eigenvalue weighted by Crippen LogP contribution is -2.44.